The average molecular weight is 383 g/mol. The lowest BCUT2D eigenvalue weighted by Gasteiger charge is -2.30. The number of hydrogen-bond donors (Lipinski definition) is 0. The lowest BCUT2D eigenvalue weighted by Crippen LogP contribution is -2.39. The molecular formula is C23H26O3S. The highest BCUT2D eigenvalue weighted by atomic mass is 32.2. The average Bonchev–Trinajstić information content (AvgIpc) is 3.17. The first-order valence-electron chi connectivity index (χ1n) is 9.44. The van der Waals surface area contributed by atoms with Crippen molar-refractivity contribution in [3.05, 3.63) is 77.4 Å². The predicted molar refractivity (Wildman–Crippen MR) is 107 cm³/mol. The fourth-order valence-corrected chi connectivity index (χ4v) is 6.85. The van der Waals surface area contributed by atoms with Crippen LogP contribution in [0.1, 0.15) is 36.6 Å². The molecule has 0 N–H and O–H groups in total. The molecule has 3 nitrogen and oxygen atoms in total. The van der Waals surface area contributed by atoms with E-state index in [4.69, 9.17) is 4.74 Å². The van der Waals surface area contributed by atoms with Gasteiger partial charge in [0, 0.05) is 11.8 Å². The van der Waals surface area contributed by atoms with Gasteiger partial charge in [-0.2, -0.15) is 0 Å². The highest BCUT2D eigenvalue weighted by molar-refractivity contribution is 7.92. The summed E-state index contributed by atoms with van der Waals surface area (Å²) in [6.45, 7) is 8.23. The smallest absolute Gasteiger partial charge is 0.185 e. The van der Waals surface area contributed by atoms with Crippen molar-refractivity contribution in [2.45, 2.75) is 49.5 Å². The van der Waals surface area contributed by atoms with Crippen LogP contribution >= 0.6 is 0 Å². The summed E-state index contributed by atoms with van der Waals surface area (Å²) in [5, 5.41) is -0.560. The van der Waals surface area contributed by atoms with Gasteiger partial charge in [-0.1, -0.05) is 54.1 Å². The lowest BCUT2D eigenvalue weighted by atomic mass is 9.81. The zero-order valence-corrected chi connectivity index (χ0v) is 17.0. The standard InChI is InChI=1S/C23H26O3S/c1-15-10-11-18(16(2)14-15)22-19-12-13-20(21(19)23(3,4)26-22)27(24,25)17-8-6-5-7-9-17/h5-14,19-22H,1-4H3/t19?,20-,21?,22+/m0/s1. The molecular weight excluding hydrogens is 356 g/mol. The Bertz CT molecular complexity index is 990. The Labute approximate surface area is 162 Å². The van der Waals surface area contributed by atoms with E-state index in [1.807, 2.05) is 26.0 Å². The summed E-state index contributed by atoms with van der Waals surface area (Å²) in [4.78, 5) is 0.381. The largest absolute Gasteiger partial charge is 0.367 e. The second-order valence-electron chi connectivity index (χ2n) is 8.31. The fraction of sp³-hybridized carbons (Fsp3) is 0.391. The van der Waals surface area contributed by atoms with Crippen molar-refractivity contribution in [1.29, 1.82) is 0 Å². The number of hydrogen-bond acceptors (Lipinski definition) is 3. The van der Waals surface area contributed by atoms with Crippen molar-refractivity contribution in [2.24, 2.45) is 11.8 Å². The van der Waals surface area contributed by atoms with E-state index in [9.17, 15) is 8.42 Å². The quantitative estimate of drug-likeness (QED) is 0.716. The summed E-state index contributed by atoms with van der Waals surface area (Å²) in [6, 6.07) is 15.1. The van der Waals surface area contributed by atoms with Gasteiger partial charge in [-0.05, 0) is 51.0 Å². The van der Waals surface area contributed by atoms with Crippen LogP contribution in [0.2, 0.25) is 0 Å². The number of ether oxygens (including phenoxy) is 1. The number of fused-ring (bicyclic) bond motifs is 1. The van der Waals surface area contributed by atoms with Gasteiger partial charge in [0.25, 0.3) is 0 Å². The van der Waals surface area contributed by atoms with Crippen LogP contribution in [0.15, 0.2) is 65.6 Å². The predicted octanol–water partition coefficient (Wildman–Crippen LogP) is 4.80. The molecule has 2 unspecified atom stereocenters. The molecule has 1 fully saturated rings. The Morgan fingerprint density at radius 1 is 0.963 bits per heavy atom. The summed E-state index contributed by atoms with van der Waals surface area (Å²) < 4.78 is 33.1. The third-order valence-electron chi connectivity index (χ3n) is 6.04. The van der Waals surface area contributed by atoms with Gasteiger partial charge in [-0.25, -0.2) is 8.42 Å². The molecule has 1 heterocycles. The van der Waals surface area contributed by atoms with Crippen molar-refractivity contribution in [2.75, 3.05) is 0 Å². The molecule has 27 heavy (non-hydrogen) atoms. The van der Waals surface area contributed by atoms with E-state index in [0.29, 0.717) is 4.90 Å². The zero-order chi connectivity index (χ0) is 19.4. The van der Waals surface area contributed by atoms with E-state index >= 15 is 0 Å². The van der Waals surface area contributed by atoms with E-state index in [-0.39, 0.29) is 17.9 Å². The van der Waals surface area contributed by atoms with Crippen LogP contribution in [0, 0.1) is 25.7 Å². The van der Waals surface area contributed by atoms with Crippen molar-refractivity contribution >= 4 is 9.84 Å². The molecule has 2 aromatic carbocycles. The van der Waals surface area contributed by atoms with E-state index in [1.54, 1.807) is 24.3 Å². The molecule has 1 saturated heterocycles. The van der Waals surface area contributed by atoms with Crippen LogP contribution in [0.5, 0.6) is 0 Å². The Kier molecular flexibility index (Phi) is 4.32. The Balaban J connectivity index is 1.73. The van der Waals surface area contributed by atoms with Crippen LogP contribution < -0.4 is 0 Å². The van der Waals surface area contributed by atoms with Crippen LogP contribution in [-0.4, -0.2) is 19.3 Å². The molecule has 0 saturated carbocycles. The van der Waals surface area contributed by atoms with Gasteiger partial charge in [-0.3, -0.25) is 0 Å². The first-order valence-corrected chi connectivity index (χ1v) is 11.0. The number of aryl methyl sites for hydroxylation is 2. The number of sulfone groups is 1. The first kappa shape index (κ1) is 18.5. The van der Waals surface area contributed by atoms with Gasteiger partial charge in [0.05, 0.1) is 21.9 Å². The third-order valence-corrected chi connectivity index (χ3v) is 8.13. The van der Waals surface area contributed by atoms with Crippen LogP contribution in [0.4, 0.5) is 0 Å². The minimum absolute atomic E-state index is 0.0601. The zero-order valence-electron chi connectivity index (χ0n) is 16.2. The molecule has 2 aromatic rings. The Morgan fingerprint density at radius 3 is 2.33 bits per heavy atom. The molecule has 1 aliphatic heterocycles. The molecule has 1 aliphatic carbocycles. The van der Waals surface area contributed by atoms with Gasteiger partial charge >= 0.3 is 0 Å². The molecule has 4 heteroatoms. The molecule has 4 atom stereocenters. The van der Waals surface area contributed by atoms with Crippen molar-refractivity contribution in [1.82, 2.24) is 0 Å². The van der Waals surface area contributed by atoms with Gasteiger partial charge in [0.15, 0.2) is 9.84 Å². The third kappa shape index (κ3) is 2.95. The van der Waals surface area contributed by atoms with Crippen molar-refractivity contribution < 1.29 is 13.2 Å². The van der Waals surface area contributed by atoms with E-state index in [0.717, 1.165) is 5.56 Å². The van der Waals surface area contributed by atoms with Crippen LogP contribution in [0.3, 0.4) is 0 Å². The normalized spacial score (nSPS) is 29.0. The first-order chi connectivity index (χ1) is 12.7. The SMILES string of the molecule is Cc1ccc([C@H]2OC(C)(C)C3C2C=C[C@@H]3S(=O)(=O)c2ccccc2)c(C)c1. The molecule has 2 aliphatic rings. The van der Waals surface area contributed by atoms with E-state index < -0.39 is 20.7 Å². The highest BCUT2D eigenvalue weighted by Crippen LogP contribution is 2.55. The summed E-state index contributed by atoms with van der Waals surface area (Å²) in [6.07, 6.45) is 3.84. The fourth-order valence-electron chi connectivity index (χ4n) is 4.81. The van der Waals surface area contributed by atoms with Crippen molar-refractivity contribution in [3.63, 3.8) is 0 Å². The summed E-state index contributed by atoms with van der Waals surface area (Å²) in [7, 11) is -3.45. The van der Waals surface area contributed by atoms with E-state index in [1.165, 1.54) is 11.1 Å². The summed E-state index contributed by atoms with van der Waals surface area (Å²) in [5.41, 5.74) is 3.04. The molecule has 0 amide bonds. The van der Waals surface area contributed by atoms with Crippen LogP contribution in [-0.2, 0) is 14.6 Å². The van der Waals surface area contributed by atoms with Gasteiger partial charge in [0.2, 0.25) is 0 Å². The molecule has 0 aromatic heterocycles. The summed E-state index contributed by atoms with van der Waals surface area (Å²) >= 11 is 0. The maximum atomic E-state index is 13.3. The number of rotatable bonds is 3. The lowest BCUT2D eigenvalue weighted by molar-refractivity contribution is -0.0339. The molecule has 0 spiro atoms. The molecule has 4 rings (SSSR count). The Hall–Kier alpha value is -1.91. The van der Waals surface area contributed by atoms with Gasteiger partial charge < -0.3 is 4.74 Å². The second kappa shape index (κ2) is 6.32. The minimum atomic E-state index is -3.45. The summed E-state index contributed by atoms with van der Waals surface area (Å²) in [5.74, 6) is -0.0432. The second-order valence-corrected chi connectivity index (χ2v) is 10.4. The van der Waals surface area contributed by atoms with Crippen molar-refractivity contribution in [3.8, 4) is 0 Å². The molecule has 0 radical (unpaired) electrons. The maximum Gasteiger partial charge on any atom is 0.185 e. The minimum Gasteiger partial charge on any atom is -0.367 e. The molecule has 0 bridgehead atoms. The highest BCUT2D eigenvalue weighted by Gasteiger charge is 2.57. The van der Waals surface area contributed by atoms with Crippen LogP contribution in [0.25, 0.3) is 0 Å². The Morgan fingerprint density at radius 2 is 1.67 bits per heavy atom. The monoisotopic (exact) mass is 382 g/mol. The topological polar surface area (TPSA) is 43.4 Å². The van der Waals surface area contributed by atoms with Gasteiger partial charge in [-0.15, -0.1) is 0 Å². The van der Waals surface area contributed by atoms with Gasteiger partial charge in [0.1, 0.15) is 0 Å². The maximum absolute atomic E-state index is 13.3. The number of benzene rings is 2. The molecule has 142 valence electrons. The van der Waals surface area contributed by atoms with E-state index in [2.05, 4.69) is 38.1 Å².